The van der Waals surface area contributed by atoms with Crippen molar-refractivity contribution in [2.45, 2.75) is 13.0 Å². The maximum Gasteiger partial charge on any atom is 0.128 e. The van der Waals surface area contributed by atoms with Crippen molar-refractivity contribution in [1.82, 2.24) is 0 Å². The van der Waals surface area contributed by atoms with E-state index in [9.17, 15) is 4.39 Å². The van der Waals surface area contributed by atoms with Crippen LogP contribution >= 0.6 is 11.6 Å². The number of aryl methyl sites for hydroxylation is 1. The van der Waals surface area contributed by atoms with E-state index >= 15 is 0 Å². The first kappa shape index (κ1) is 13.8. The second-order valence-electron chi connectivity index (χ2n) is 4.39. The summed E-state index contributed by atoms with van der Waals surface area (Å²) in [5, 5.41) is 0.457. The Bertz CT molecular complexity index is 601. The molecule has 0 spiro atoms. The molecule has 0 saturated carbocycles. The molecule has 1 atom stereocenters. The van der Waals surface area contributed by atoms with Gasteiger partial charge in [-0.1, -0.05) is 29.3 Å². The van der Waals surface area contributed by atoms with Gasteiger partial charge in [-0.05, 0) is 31.2 Å². The fourth-order valence-electron chi connectivity index (χ4n) is 2.02. The molecule has 0 aliphatic rings. The van der Waals surface area contributed by atoms with Gasteiger partial charge < -0.3 is 10.5 Å². The third-order valence-electron chi connectivity index (χ3n) is 3.01. The molecular weight excluding hydrogens is 265 g/mol. The topological polar surface area (TPSA) is 35.2 Å². The number of hydrogen-bond donors (Lipinski definition) is 1. The highest BCUT2D eigenvalue weighted by atomic mass is 35.5. The van der Waals surface area contributed by atoms with Gasteiger partial charge >= 0.3 is 0 Å². The Labute approximate surface area is 117 Å². The largest absolute Gasteiger partial charge is 0.496 e. The Morgan fingerprint density at radius 3 is 2.58 bits per heavy atom. The lowest BCUT2D eigenvalue weighted by Crippen LogP contribution is -2.15. The van der Waals surface area contributed by atoms with Crippen LogP contribution in [0.3, 0.4) is 0 Å². The van der Waals surface area contributed by atoms with Crippen LogP contribution in [0.25, 0.3) is 0 Å². The molecular formula is C15H15ClFNO. The second-order valence-corrected chi connectivity index (χ2v) is 4.83. The number of benzene rings is 2. The van der Waals surface area contributed by atoms with E-state index in [2.05, 4.69) is 0 Å². The summed E-state index contributed by atoms with van der Waals surface area (Å²) < 4.78 is 19.1. The Morgan fingerprint density at radius 1 is 1.16 bits per heavy atom. The van der Waals surface area contributed by atoms with Crippen molar-refractivity contribution in [3.05, 3.63) is 63.9 Å². The summed E-state index contributed by atoms with van der Waals surface area (Å²) in [7, 11) is 1.56. The molecule has 1 unspecified atom stereocenters. The summed E-state index contributed by atoms with van der Waals surface area (Å²) >= 11 is 5.90. The van der Waals surface area contributed by atoms with Crippen molar-refractivity contribution >= 4 is 11.6 Å². The quantitative estimate of drug-likeness (QED) is 0.926. The maximum absolute atomic E-state index is 13.9. The molecule has 0 amide bonds. The van der Waals surface area contributed by atoms with Crippen LogP contribution in [0.1, 0.15) is 22.7 Å². The minimum Gasteiger partial charge on any atom is -0.496 e. The lowest BCUT2D eigenvalue weighted by atomic mass is 9.97. The number of methoxy groups -OCH3 is 1. The summed E-state index contributed by atoms with van der Waals surface area (Å²) in [5.41, 5.74) is 8.29. The molecule has 2 rings (SSSR count). The van der Waals surface area contributed by atoms with E-state index in [-0.39, 0.29) is 5.82 Å². The zero-order valence-corrected chi connectivity index (χ0v) is 11.5. The maximum atomic E-state index is 13.9. The third-order valence-corrected chi connectivity index (χ3v) is 3.25. The molecule has 0 aliphatic carbocycles. The average molecular weight is 280 g/mol. The van der Waals surface area contributed by atoms with Gasteiger partial charge in [0.2, 0.25) is 0 Å². The lowest BCUT2D eigenvalue weighted by molar-refractivity contribution is 0.407. The van der Waals surface area contributed by atoms with Crippen LogP contribution in [-0.4, -0.2) is 7.11 Å². The molecule has 2 N–H and O–H groups in total. The van der Waals surface area contributed by atoms with Gasteiger partial charge in [0.1, 0.15) is 11.6 Å². The summed E-state index contributed by atoms with van der Waals surface area (Å²) in [4.78, 5) is 0. The van der Waals surface area contributed by atoms with E-state index < -0.39 is 6.04 Å². The number of rotatable bonds is 3. The summed E-state index contributed by atoms with van der Waals surface area (Å²) in [6.07, 6.45) is 0. The van der Waals surface area contributed by atoms with Crippen LogP contribution in [-0.2, 0) is 0 Å². The molecule has 0 saturated heterocycles. The van der Waals surface area contributed by atoms with Crippen molar-refractivity contribution in [2.24, 2.45) is 5.73 Å². The lowest BCUT2D eigenvalue weighted by Gasteiger charge is -2.17. The molecule has 4 heteroatoms. The highest BCUT2D eigenvalue weighted by Gasteiger charge is 2.18. The fourth-order valence-corrected chi connectivity index (χ4v) is 2.20. The van der Waals surface area contributed by atoms with Crippen molar-refractivity contribution in [1.29, 1.82) is 0 Å². The number of halogens is 2. The van der Waals surface area contributed by atoms with Gasteiger partial charge in [-0.2, -0.15) is 0 Å². The minimum atomic E-state index is -0.617. The average Bonchev–Trinajstić information content (AvgIpc) is 2.40. The van der Waals surface area contributed by atoms with Crippen LogP contribution in [0, 0.1) is 12.7 Å². The molecule has 100 valence electrons. The van der Waals surface area contributed by atoms with Crippen LogP contribution in [0.15, 0.2) is 36.4 Å². The van der Waals surface area contributed by atoms with E-state index in [1.54, 1.807) is 13.2 Å². The van der Waals surface area contributed by atoms with Crippen molar-refractivity contribution in [2.75, 3.05) is 7.11 Å². The van der Waals surface area contributed by atoms with Crippen molar-refractivity contribution in [3.8, 4) is 5.75 Å². The molecule has 2 aromatic rings. The van der Waals surface area contributed by atoms with E-state index in [0.717, 1.165) is 11.1 Å². The van der Waals surface area contributed by atoms with Crippen molar-refractivity contribution < 1.29 is 9.13 Å². The van der Waals surface area contributed by atoms with Gasteiger partial charge in [0, 0.05) is 16.1 Å². The molecule has 0 aliphatic heterocycles. The molecule has 0 bridgehead atoms. The first-order chi connectivity index (χ1) is 9.02. The highest BCUT2D eigenvalue weighted by Crippen LogP contribution is 2.31. The minimum absolute atomic E-state index is 0.358. The van der Waals surface area contributed by atoms with E-state index in [1.807, 2.05) is 25.1 Å². The molecule has 0 heterocycles. The zero-order chi connectivity index (χ0) is 14.0. The second kappa shape index (κ2) is 5.59. The Kier molecular flexibility index (Phi) is 4.08. The van der Waals surface area contributed by atoms with Crippen molar-refractivity contribution in [3.63, 3.8) is 0 Å². The van der Waals surface area contributed by atoms with E-state index in [1.165, 1.54) is 12.1 Å². The Morgan fingerprint density at radius 2 is 1.89 bits per heavy atom. The predicted molar refractivity (Wildman–Crippen MR) is 75.2 cm³/mol. The third kappa shape index (κ3) is 2.88. The molecule has 2 aromatic carbocycles. The summed E-state index contributed by atoms with van der Waals surface area (Å²) in [6, 6.07) is 9.39. The van der Waals surface area contributed by atoms with Crippen LogP contribution < -0.4 is 10.5 Å². The fraction of sp³-hybridized carbons (Fsp3) is 0.200. The van der Waals surface area contributed by atoms with Gasteiger partial charge in [-0.15, -0.1) is 0 Å². The normalized spacial score (nSPS) is 12.3. The molecule has 0 radical (unpaired) electrons. The Hall–Kier alpha value is -1.58. The number of nitrogens with two attached hydrogens (primary N) is 1. The van der Waals surface area contributed by atoms with Crippen LogP contribution in [0.4, 0.5) is 4.39 Å². The highest BCUT2D eigenvalue weighted by molar-refractivity contribution is 6.30. The first-order valence-electron chi connectivity index (χ1n) is 5.88. The molecule has 2 nitrogen and oxygen atoms in total. The first-order valence-corrected chi connectivity index (χ1v) is 6.26. The predicted octanol–water partition coefficient (Wildman–Crippen LogP) is 3.84. The summed E-state index contributed by atoms with van der Waals surface area (Å²) in [5.74, 6) is 0.262. The van der Waals surface area contributed by atoms with Gasteiger partial charge in [-0.25, -0.2) is 4.39 Å². The smallest absolute Gasteiger partial charge is 0.128 e. The standard InChI is InChI=1S/C15H15ClFNO/c1-9-3-6-14(19-2)12(7-9)15(18)11-8-10(16)4-5-13(11)17/h3-8,15H,18H2,1-2H3. The SMILES string of the molecule is COc1ccc(C)cc1C(N)c1cc(Cl)ccc1F. The van der Waals surface area contributed by atoms with Gasteiger partial charge in [0.25, 0.3) is 0 Å². The van der Waals surface area contributed by atoms with Gasteiger partial charge in [0.05, 0.1) is 13.2 Å². The summed E-state index contributed by atoms with van der Waals surface area (Å²) in [6.45, 7) is 1.95. The van der Waals surface area contributed by atoms with Gasteiger partial charge in [-0.3, -0.25) is 0 Å². The van der Waals surface area contributed by atoms with Gasteiger partial charge in [0.15, 0.2) is 0 Å². The van der Waals surface area contributed by atoms with Crippen LogP contribution in [0.5, 0.6) is 5.75 Å². The molecule has 0 fully saturated rings. The number of hydrogen-bond acceptors (Lipinski definition) is 2. The monoisotopic (exact) mass is 279 g/mol. The van der Waals surface area contributed by atoms with Crippen LogP contribution in [0.2, 0.25) is 5.02 Å². The zero-order valence-electron chi connectivity index (χ0n) is 10.8. The number of ether oxygens (including phenoxy) is 1. The van der Waals surface area contributed by atoms with E-state index in [4.69, 9.17) is 22.1 Å². The molecule has 19 heavy (non-hydrogen) atoms. The Balaban J connectivity index is 2.51. The van der Waals surface area contributed by atoms with E-state index in [0.29, 0.717) is 16.3 Å². The molecule has 0 aromatic heterocycles.